The lowest BCUT2D eigenvalue weighted by Crippen LogP contribution is -2.40. The van der Waals surface area contributed by atoms with Gasteiger partial charge in [-0.05, 0) is 61.7 Å². The van der Waals surface area contributed by atoms with Crippen molar-refractivity contribution in [3.8, 4) is 0 Å². The quantitative estimate of drug-likeness (QED) is 0.363. The number of ether oxygens (including phenoxy) is 2. The topological polar surface area (TPSA) is 109 Å². The Morgan fingerprint density at radius 1 is 1.09 bits per heavy atom. The number of benzene rings is 2. The molecular weight excluding hydrogens is 420 g/mol. The first kappa shape index (κ1) is 22.8. The van der Waals surface area contributed by atoms with Crippen LogP contribution in [0.25, 0.3) is 0 Å². The minimum absolute atomic E-state index is 0.00344. The summed E-state index contributed by atoms with van der Waals surface area (Å²) in [5, 5.41) is 7.48. The van der Waals surface area contributed by atoms with Crippen molar-refractivity contribution in [1.29, 1.82) is 5.41 Å². The molecule has 3 N–H and O–H groups in total. The maximum atomic E-state index is 12.3. The number of likely N-dealkylation sites (tertiary alicyclic amines) is 1. The summed E-state index contributed by atoms with van der Waals surface area (Å²) in [6.07, 6.45) is 1.75. The van der Waals surface area contributed by atoms with E-state index in [1.807, 2.05) is 30.3 Å². The normalized spacial score (nSPS) is 19.3. The summed E-state index contributed by atoms with van der Waals surface area (Å²) >= 11 is 0. The fraction of sp³-hybridized carbons (Fsp3) is 0.400. The average Bonchev–Trinajstić information content (AvgIpc) is 3.19. The number of carbonyl (C=O) groups is 2. The number of nitrogen functional groups attached to an aromatic ring is 1. The number of nitrogens with two attached hydrogens (primary N) is 1. The van der Waals surface area contributed by atoms with Crippen molar-refractivity contribution >= 4 is 23.6 Å². The molecule has 8 heteroatoms. The van der Waals surface area contributed by atoms with Crippen LogP contribution in [-0.2, 0) is 20.9 Å². The molecule has 0 radical (unpaired) electrons. The Labute approximate surface area is 193 Å². The van der Waals surface area contributed by atoms with Gasteiger partial charge in [0.05, 0.1) is 6.54 Å². The molecule has 2 aliphatic heterocycles. The lowest BCUT2D eigenvalue weighted by atomic mass is 9.93. The molecule has 0 aliphatic carbocycles. The molecule has 33 heavy (non-hydrogen) atoms. The highest BCUT2D eigenvalue weighted by atomic mass is 16.6. The summed E-state index contributed by atoms with van der Waals surface area (Å²) in [5.74, 6) is 0.177. The van der Waals surface area contributed by atoms with Gasteiger partial charge in [-0.1, -0.05) is 30.3 Å². The first-order chi connectivity index (χ1) is 16.0. The number of carbonyl (C=O) groups excluding carboxylic acids is 2. The number of rotatable bonds is 8. The van der Waals surface area contributed by atoms with Gasteiger partial charge < -0.3 is 15.2 Å². The fourth-order valence-corrected chi connectivity index (χ4v) is 4.34. The second kappa shape index (κ2) is 10.5. The maximum absolute atomic E-state index is 12.3. The highest BCUT2D eigenvalue weighted by Gasteiger charge is 2.34. The van der Waals surface area contributed by atoms with Crippen molar-refractivity contribution in [3.05, 3.63) is 65.7 Å². The number of cyclic esters (lactones) is 1. The van der Waals surface area contributed by atoms with Gasteiger partial charge in [-0.2, -0.15) is 0 Å². The standard InChI is InChI=1S/C25H30N4O4/c26-24(27)20-6-8-21(9-7-20)29-16-22(33-25(29)31)15-28-12-10-18(11-13-28)14-23(30)32-17-19-4-2-1-3-5-19/h1-9,18,22H,10-17H2,(H3,26,27). The zero-order valence-electron chi connectivity index (χ0n) is 18.6. The average molecular weight is 451 g/mol. The predicted octanol–water partition coefficient (Wildman–Crippen LogP) is 3.14. The number of amides is 1. The smallest absolute Gasteiger partial charge is 0.414 e. The molecule has 0 saturated carbocycles. The Balaban J connectivity index is 1.19. The van der Waals surface area contributed by atoms with Gasteiger partial charge in [-0.25, -0.2) is 4.79 Å². The van der Waals surface area contributed by atoms with Crippen LogP contribution in [0.5, 0.6) is 0 Å². The van der Waals surface area contributed by atoms with Crippen molar-refractivity contribution < 1.29 is 19.1 Å². The lowest BCUT2D eigenvalue weighted by Gasteiger charge is -2.32. The Bertz CT molecular complexity index is 972. The first-order valence-electron chi connectivity index (χ1n) is 11.3. The van der Waals surface area contributed by atoms with Gasteiger partial charge in [0.15, 0.2) is 0 Å². The fourth-order valence-electron chi connectivity index (χ4n) is 4.34. The number of nitrogens with zero attached hydrogens (tertiary/aromatic N) is 2. The van der Waals surface area contributed by atoms with Crippen LogP contribution in [0.3, 0.4) is 0 Å². The van der Waals surface area contributed by atoms with Gasteiger partial charge in [0.2, 0.25) is 0 Å². The Kier molecular flexibility index (Phi) is 7.24. The summed E-state index contributed by atoms with van der Waals surface area (Å²) in [6.45, 7) is 3.23. The zero-order chi connectivity index (χ0) is 23.2. The molecule has 2 fully saturated rings. The van der Waals surface area contributed by atoms with Crippen molar-refractivity contribution in [3.63, 3.8) is 0 Å². The van der Waals surface area contributed by atoms with E-state index in [1.165, 1.54) is 0 Å². The third kappa shape index (κ3) is 6.10. The minimum Gasteiger partial charge on any atom is -0.461 e. The van der Waals surface area contributed by atoms with E-state index < -0.39 is 0 Å². The number of amidine groups is 1. The van der Waals surface area contributed by atoms with E-state index >= 15 is 0 Å². The van der Waals surface area contributed by atoms with E-state index in [0.717, 1.165) is 37.2 Å². The lowest BCUT2D eigenvalue weighted by molar-refractivity contribution is -0.146. The number of anilines is 1. The molecular formula is C25H30N4O4. The molecule has 0 bridgehead atoms. The van der Waals surface area contributed by atoms with Crippen molar-refractivity contribution in [2.75, 3.05) is 31.1 Å². The third-order valence-corrected chi connectivity index (χ3v) is 6.23. The van der Waals surface area contributed by atoms with Crippen LogP contribution in [0, 0.1) is 11.3 Å². The summed E-state index contributed by atoms with van der Waals surface area (Å²) in [7, 11) is 0. The summed E-state index contributed by atoms with van der Waals surface area (Å²) in [4.78, 5) is 28.5. The van der Waals surface area contributed by atoms with Crippen LogP contribution in [-0.4, -0.2) is 55.1 Å². The summed E-state index contributed by atoms with van der Waals surface area (Å²) in [6, 6.07) is 16.7. The van der Waals surface area contributed by atoms with Crippen LogP contribution in [0.1, 0.15) is 30.4 Å². The monoisotopic (exact) mass is 450 g/mol. The SMILES string of the molecule is N=C(N)c1ccc(N2CC(CN3CCC(CC(=O)OCc4ccccc4)CC3)OC2=O)cc1. The number of hydrogen-bond donors (Lipinski definition) is 2. The molecule has 8 nitrogen and oxygen atoms in total. The van der Waals surface area contributed by atoms with Gasteiger partial charge in [0, 0.05) is 24.2 Å². The van der Waals surface area contributed by atoms with Gasteiger partial charge >= 0.3 is 12.1 Å². The van der Waals surface area contributed by atoms with Crippen LogP contribution in [0.4, 0.5) is 10.5 Å². The van der Waals surface area contributed by atoms with E-state index in [9.17, 15) is 9.59 Å². The van der Waals surface area contributed by atoms with Crippen LogP contribution in [0.15, 0.2) is 54.6 Å². The van der Waals surface area contributed by atoms with Gasteiger partial charge in [-0.3, -0.25) is 20.0 Å². The second-order valence-corrected chi connectivity index (χ2v) is 8.67. The van der Waals surface area contributed by atoms with Gasteiger partial charge in [-0.15, -0.1) is 0 Å². The molecule has 0 aromatic heterocycles. The highest BCUT2D eigenvalue weighted by molar-refractivity contribution is 5.96. The molecule has 2 aromatic rings. The molecule has 2 saturated heterocycles. The summed E-state index contributed by atoms with van der Waals surface area (Å²) < 4.78 is 11.0. The van der Waals surface area contributed by atoms with E-state index in [0.29, 0.717) is 37.6 Å². The Hall–Kier alpha value is -3.39. The van der Waals surface area contributed by atoms with Crippen molar-refractivity contribution in [2.24, 2.45) is 11.7 Å². The molecule has 2 aromatic carbocycles. The second-order valence-electron chi connectivity index (χ2n) is 8.67. The molecule has 174 valence electrons. The van der Waals surface area contributed by atoms with Crippen LogP contribution in [0.2, 0.25) is 0 Å². The zero-order valence-corrected chi connectivity index (χ0v) is 18.6. The summed E-state index contributed by atoms with van der Waals surface area (Å²) in [5.41, 5.74) is 7.85. The molecule has 1 amide bonds. The van der Waals surface area contributed by atoms with E-state index in [1.54, 1.807) is 29.2 Å². The van der Waals surface area contributed by atoms with Gasteiger partial charge in [0.1, 0.15) is 18.5 Å². The molecule has 1 atom stereocenters. The van der Waals surface area contributed by atoms with Gasteiger partial charge in [0.25, 0.3) is 0 Å². The highest BCUT2D eigenvalue weighted by Crippen LogP contribution is 2.25. The van der Waals surface area contributed by atoms with Crippen LogP contribution >= 0.6 is 0 Å². The molecule has 0 spiro atoms. The third-order valence-electron chi connectivity index (χ3n) is 6.23. The molecule has 2 heterocycles. The minimum atomic E-state index is -0.355. The molecule has 4 rings (SSSR count). The molecule has 2 aliphatic rings. The van der Waals surface area contributed by atoms with Crippen LogP contribution < -0.4 is 10.6 Å². The van der Waals surface area contributed by atoms with E-state index in [2.05, 4.69) is 4.90 Å². The largest absolute Gasteiger partial charge is 0.461 e. The van der Waals surface area contributed by atoms with E-state index in [-0.39, 0.29) is 24.0 Å². The first-order valence-corrected chi connectivity index (χ1v) is 11.3. The number of esters is 1. The maximum Gasteiger partial charge on any atom is 0.414 e. The van der Waals surface area contributed by atoms with E-state index in [4.69, 9.17) is 20.6 Å². The Morgan fingerprint density at radius 3 is 2.45 bits per heavy atom. The number of hydrogen-bond acceptors (Lipinski definition) is 6. The van der Waals surface area contributed by atoms with Crippen molar-refractivity contribution in [1.82, 2.24) is 4.90 Å². The predicted molar refractivity (Wildman–Crippen MR) is 125 cm³/mol. The molecule has 1 unspecified atom stereocenters. The Morgan fingerprint density at radius 2 is 1.79 bits per heavy atom. The number of nitrogens with one attached hydrogen (secondary N) is 1. The van der Waals surface area contributed by atoms with Crippen molar-refractivity contribution in [2.45, 2.75) is 32.0 Å². The number of piperidine rings is 1.